The zero-order chi connectivity index (χ0) is 8.43. The third-order valence-corrected chi connectivity index (χ3v) is 2.56. The summed E-state index contributed by atoms with van der Waals surface area (Å²) in [4.78, 5) is 15.1. The Kier molecular flexibility index (Phi) is 2.46. The fourth-order valence-electron chi connectivity index (χ4n) is 0.588. The van der Waals surface area contributed by atoms with Crippen LogP contribution < -0.4 is 4.74 Å². The average Bonchev–Trinajstić information content (AvgIpc) is 2.30. The summed E-state index contributed by atoms with van der Waals surface area (Å²) in [5.74, 6) is -0.0872. The molecular formula is C6H6ClNO2S. The number of ether oxygens (including phenoxy) is 1. The third-order valence-electron chi connectivity index (χ3n) is 1.06. The van der Waals surface area contributed by atoms with Gasteiger partial charge in [0.05, 0.1) is 7.11 Å². The van der Waals surface area contributed by atoms with E-state index in [0.717, 1.165) is 11.3 Å². The first-order chi connectivity index (χ1) is 5.15. The summed E-state index contributed by atoms with van der Waals surface area (Å²) in [5, 5.41) is 0.638. The summed E-state index contributed by atoms with van der Waals surface area (Å²) in [6.45, 7) is 1.44. The number of hydrogen-bond acceptors (Lipinski definition) is 4. The molecule has 5 heteroatoms. The quantitative estimate of drug-likeness (QED) is 0.672. The Balaban J connectivity index is 3.07. The molecule has 0 fully saturated rings. The number of hydrogen-bond donors (Lipinski definition) is 0. The molecule has 0 amide bonds. The van der Waals surface area contributed by atoms with E-state index in [2.05, 4.69) is 4.98 Å². The molecule has 0 aromatic carbocycles. The molecule has 1 aromatic rings. The average molecular weight is 192 g/mol. The fourth-order valence-corrected chi connectivity index (χ4v) is 1.63. The first kappa shape index (κ1) is 8.49. The van der Waals surface area contributed by atoms with Crippen molar-refractivity contribution in [3.63, 3.8) is 0 Å². The van der Waals surface area contributed by atoms with Crippen LogP contribution >= 0.6 is 22.9 Å². The van der Waals surface area contributed by atoms with Crippen molar-refractivity contribution in [1.82, 2.24) is 4.98 Å². The van der Waals surface area contributed by atoms with Crippen LogP contribution in [-0.2, 0) is 0 Å². The van der Waals surface area contributed by atoms with Crippen LogP contribution in [0.2, 0.25) is 5.15 Å². The molecule has 0 N–H and O–H groups in total. The second-order valence-corrected chi connectivity index (χ2v) is 3.18. The number of carbonyl (C=O) groups is 1. The van der Waals surface area contributed by atoms with E-state index in [1.54, 1.807) is 0 Å². The molecule has 0 saturated carbocycles. The number of nitrogens with zero attached hydrogens (tertiary/aromatic N) is 1. The minimum Gasteiger partial charge on any atom is -0.473 e. The lowest BCUT2D eigenvalue weighted by molar-refractivity contribution is 0.102. The number of rotatable bonds is 2. The number of ketones is 1. The highest BCUT2D eigenvalue weighted by Crippen LogP contribution is 2.28. The SMILES string of the molecule is COc1nc(Cl)c(C(C)=O)s1. The van der Waals surface area contributed by atoms with E-state index in [0.29, 0.717) is 10.1 Å². The van der Waals surface area contributed by atoms with Crippen molar-refractivity contribution >= 4 is 28.7 Å². The lowest BCUT2D eigenvalue weighted by atomic mass is 10.4. The largest absolute Gasteiger partial charge is 0.473 e. The zero-order valence-electron chi connectivity index (χ0n) is 6.05. The topological polar surface area (TPSA) is 39.2 Å². The van der Waals surface area contributed by atoms with Crippen molar-refractivity contribution in [3.8, 4) is 5.19 Å². The summed E-state index contributed by atoms with van der Waals surface area (Å²) in [6.07, 6.45) is 0. The van der Waals surface area contributed by atoms with Crippen molar-refractivity contribution in [3.05, 3.63) is 10.0 Å². The molecule has 0 aliphatic carbocycles. The molecule has 11 heavy (non-hydrogen) atoms. The number of Topliss-reactive ketones (excluding diaryl/α,β-unsaturated/α-hetero) is 1. The highest BCUT2D eigenvalue weighted by atomic mass is 35.5. The smallest absolute Gasteiger partial charge is 0.275 e. The Bertz CT molecular complexity index is 284. The standard InChI is InChI=1S/C6H6ClNO2S/c1-3(9)4-5(7)8-6(10-2)11-4/h1-2H3. The Morgan fingerprint density at radius 3 is 2.64 bits per heavy atom. The summed E-state index contributed by atoms with van der Waals surface area (Å²) in [6, 6.07) is 0. The molecule has 3 nitrogen and oxygen atoms in total. The molecule has 0 unspecified atom stereocenters. The minimum absolute atomic E-state index is 0.0872. The Hall–Kier alpha value is -0.610. The maximum atomic E-state index is 10.8. The van der Waals surface area contributed by atoms with Gasteiger partial charge in [0.2, 0.25) is 0 Å². The van der Waals surface area contributed by atoms with Gasteiger partial charge in [-0.2, -0.15) is 4.98 Å². The molecule has 0 atom stereocenters. The maximum absolute atomic E-state index is 10.8. The van der Waals surface area contributed by atoms with Crippen LogP contribution in [-0.4, -0.2) is 17.9 Å². The molecule has 0 bridgehead atoms. The summed E-state index contributed by atoms with van der Waals surface area (Å²) >= 11 is 6.77. The monoisotopic (exact) mass is 191 g/mol. The lowest BCUT2D eigenvalue weighted by Gasteiger charge is -1.85. The van der Waals surface area contributed by atoms with Gasteiger partial charge in [-0.1, -0.05) is 22.9 Å². The first-order valence-electron chi connectivity index (χ1n) is 2.86. The van der Waals surface area contributed by atoms with Crippen molar-refractivity contribution in [1.29, 1.82) is 0 Å². The molecule has 1 aromatic heterocycles. The highest BCUT2D eigenvalue weighted by Gasteiger charge is 2.12. The van der Waals surface area contributed by atoms with Gasteiger partial charge in [0.15, 0.2) is 10.9 Å². The van der Waals surface area contributed by atoms with Crippen LogP contribution in [0.15, 0.2) is 0 Å². The van der Waals surface area contributed by atoms with Crippen molar-refractivity contribution in [2.75, 3.05) is 7.11 Å². The molecule has 1 rings (SSSR count). The Labute approximate surface area is 73.0 Å². The number of aromatic nitrogens is 1. The first-order valence-corrected chi connectivity index (χ1v) is 4.06. The lowest BCUT2D eigenvalue weighted by Crippen LogP contribution is -1.86. The third kappa shape index (κ3) is 1.70. The number of halogens is 1. The predicted octanol–water partition coefficient (Wildman–Crippen LogP) is 2.01. The highest BCUT2D eigenvalue weighted by molar-refractivity contribution is 7.16. The van der Waals surface area contributed by atoms with Crippen molar-refractivity contribution in [2.45, 2.75) is 6.92 Å². The van der Waals surface area contributed by atoms with Crippen LogP contribution in [0.3, 0.4) is 0 Å². The Morgan fingerprint density at radius 2 is 2.36 bits per heavy atom. The van der Waals surface area contributed by atoms with E-state index < -0.39 is 0 Å². The van der Waals surface area contributed by atoms with Gasteiger partial charge in [-0.3, -0.25) is 4.79 Å². The van der Waals surface area contributed by atoms with Gasteiger partial charge in [-0.25, -0.2) is 0 Å². The van der Waals surface area contributed by atoms with E-state index in [9.17, 15) is 4.79 Å². The molecule has 0 aliphatic rings. The van der Waals surface area contributed by atoms with Crippen molar-refractivity contribution in [2.24, 2.45) is 0 Å². The number of thiazole rings is 1. The van der Waals surface area contributed by atoms with E-state index in [1.807, 2.05) is 0 Å². The van der Waals surface area contributed by atoms with Crippen molar-refractivity contribution < 1.29 is 9.53 Å². The van der Waals surface area contributed by atoms with Crippen LogP contribution in [0.25, 0.3) is 0 Å². The fraction of sp³-hybridized carbons (Fsp3) is 0.333. The van der Waals surface area contributed by atoms with Gasteiger partial charge in [0.1, 0.15) is 4.88 Å². The Morgan fingerprint density at radius 1 is 1.73 bits per heavy atom. The number of carbonyl (C=O) groups excluding carboxylic acids is 1. The number of methoxy groups -OCH3 is 1. The van der Waals surface area contributed by atoms with Crippen LogP contribution in [0.4, 0.5) is 0 Å². The molecule has 0 saturated heterocycles. The van der Waals surface area contributed by atoms with Gasteiger partial charge in [-0.05, 0) is 0 Å². The van der Waals surface area contributed by atoms with Gasteiger partial charge in [0, 0.05) is 6.92 Å². The zero-order valence-corrected chi connectivity index (χ0v) is 7.62. The van der Waals surface area contributed by atoms with E-state index in [-0.39, 0.29) is 10.9 Å². The summed E-state index contributed by atoms with van der Waals surface area (Å²) < 4.78 is 4.80. The maximum Gasteiger partial charge on any atom is 0.275 e. The van der Waals surface area contributed by atoms with Gasteiger partial charge >= 0.3 is 0 Å². The summed E-state index contributed by atoms with van der Waals surface area (Å²) in [7, 11) is 1.49. The molecule has 60 valence electrons. The van der Waals surface area contributed by atoms with Crippen LogP contribution in [0, 0.1) is 0 Å². The molecule has 0 spiro atoms. The molecule has 1 heterocycles. The van der Waals surface area contributed by atoms with E-state index in [1.165, 1.54) is 14.0 Å². The van der Waals surface area contributed by atoms with Crippen LogP contribution in [0.5, 0.6) is 5.19 Å². The van der Waals surface area contributed by atoms with Gasteiger partial charge < -0.3 is 4.74 Å². The molecule has 0 radical (unpaired) electrons. The normalized spacial score (nSPS) is 9.73. The minimum atomic E-state index is -0.0872. The molecule has 0 aliphatic heterocycles. The van der Waals surface area contributed by atoms with Gasteiger partial charge in [0.25, 0.3) is 5.19 Å². The van der Waals surface area contributed by atoms with Gasteiger partial charge in [-0.15, -0.1) is 0 Å². The van der Waals surface area contributed by atoms with Crippen LogP contribution in [0.1, 0.15) is 16.6 Å². The molecular weight excluding hydrogens is 186 g/mol. The second-order valence-electron chi connectivity index (χ2n) is 1.86. The van der Waals surface area contributed by atoms with E-state index in [4.69, 9.17) is 16.3 Å². The second kappa shape index (κ2) is 3.19. The van der Waals surface area contributed by atoms with E-state index >= 15 is 0 Å². The summed E-state index contributed by atoms with van der Waals surface area (Å²) in [5.41, 5.74) is 0. The predicted molar refractivity (Wildman–Crippen MR) is 43.7 cm³/mol.